The van der Waals surface area contributed by atoms with Gasteiger partial charge in [0.2, 0.25) is 0 Å². The van der Waals surface area contributed by atoms with Crippen molar-refractivity contribution in [1.29, 1.82) is 0 Å². The van der Waals surface area contributed by atoms with Gasteiger partial charge in [0.05, 0.1) is 12.7 Å². The Hall–Kier alpha value is -0.120. The minimum Gasteiger partial charge on any atom is -0.391 e. The van der Waals surface area contributed by atoms with Gasteiger partial charge in [-0.25, -0.2) is 0 Å². The van der Waals surface area contributed by atoms with Crippen molar-refractivity contribution >= 4 is 0 Å². The van der Waals surface area contributed by atoms with Crippen LogP contribution in [-0.2, 0) is 4.74 Å². The first-order chi connectivity index (χ1) is 6.79. The number of likely N-dealkylation sites (N-methyl/N-ethyl adjacent to an activating group) is 1. The molecule has 3 heteroatoms. The lowest BCUT2D eigenvalue weighted by Gasteiger charge is -2.29. The molecule has 3 nitrogen and oxygen atoms in total. The molecule has 2 atom stereocenters. The average molecular weight is 201 g/mol. The van der Waals surface area contributed by atoms with Crippen LogP contribution in [-0.4, -0.2) is 48.5 Å². The SMILES string of the molecule is CCOCCN(CC)[C@@H]1CCC[C@H]1O. The summed E-state index contributed by atoms with van der Waals surface area (Å²) < 4.78 is 5.34. The minimum absolute atomic E-state index is 0.114. The Bertz CT molecular complexity index is 152. The van der Waals surface area contributed by atoms with Gasteiger partial charge in [-0.05, 0) is 32.7 Å². The maximum atomic E-state index is 9.76. The number of hydrogen-bond donors (Lipinski definition) is 1. The van der Waals surface area contributed by atoms with Gasteiger partial charge < -0.3 is 9.84 Å². The van der Waals surface area contributed by atoms with Crippen molar-refractivity contribution in [3.05, 3.63) is 0 Å². The quantitative estimate of drug-likeness (QED) is 0.657. The molecule has 0 aromatic heterocycles. The Morgan fingerprint density at radius 1 is 1.36 bits per heavy atom. The van der Waals surface area contributed by atoms with Gasteiger partial charge in [0.1, 0.15) is 0 Å². The molecule has 1 aliphatic carbocycles. The Kier molecular flexibility index (Phi) is 5.45. The van der Waals surface area contributed by atoms with Crippen LogP contribution in [0.5, 0.6) is 0 Å². The van der Waals surface area contributed by atoms with Crippen molar-refractivity contribution in [2.75, 3.05) is 26.3 Å². The van der Waals surface area contributed by atoms with E-state index in [2.05, 4.69) is 11.8 Å². The third-order valence-corrected chi connectivity index (χ3v) is 3.05. The van der Waals surface area contributed by atoms with Crippen LogP contribution in [0.4, 0.5) is 0 Å². The second kappa shape index (κ2) is 6.38. The molecule has 0 aromatic carbocycles. The van der Waals surface area contributed by atoms with Gasteiger partial charge in [0, 0.05) is 19.2 Å². The van der Waals surface area contributed by atoms with E-state index in [4.69, 9.17) is 4.74 Å². The van der Waals surface area contributed by atoms with Gasteiger partial charge in [-0.15, -0.1) is 0 Å². The fraction of sp³-hybridized carbons (Fsp3) is 1.00. The van der Waals surface area contributed by atoms with E-state index in [0.717, 1.165) is 45.6 Å². The van der Waals surface area contributed by atoms with Gasteiger partial charge in [-0.1, -0.05) is 6.92 Å². The van der Waals surface area contributed by atoms with Crippen molar-refractivity contribution < 1.29 is 9.84 Å². The molecule has 0 saturated heterocycles. The molecule has 0 spiro atoms. The molecule has 14 heavy (non-hydrogen) atoms. The lowest BCUT2D eigenvalue weighted by Crippen LogP contribution is -2.42. The highest BCUT2D eigenvalue weighted by molar-refractivity contribution is 4.84. The Labute approximate surface area is 87.1 Å². The number of rotatable bonds is 6. The topological polar surface area (TPSA) is 32.7 Å². The summed E-state index contributed by atoms with van der Waals surface area (Å²) in [6.07, 6.45) is 3.16. The third kappa shape index (κ3) is 3.23. The van der Waals surface area contributed by atoms with Crippen LogP contribution in [0.1, 0.15) is 33.1 Å². The van der Waals surface area contributed by atoms with Crippen LogP contribution >= 0.6 is 0 Å². The molecule has 1 N–H and O–H groups in total. The van der Waals surface area contributed by atoms with Crippen molar-refractivity contribution in [2.45, 2.75) is 45.3 Å². The molecule has 84 valence electrons. The maximum Gasteiger partial charge on any atom is 0.0695 e. The van der Waals surface area contributed by atoms with Crippen molar-refractivity contribution in [3.8, 4) is 0 Å². The maximum absolute atomic E-state index is 9.76. The highest BCUT2D eigenvalue weighted by Crippen LogP contribution is 2.23. The molecule has 0 aromatic rings. The number of aliphatic hydroxyl groups excluding tert-OH is 1. The molecule has 0 bridgehead atoms. The number of ether oxygens (including phenoxy) is 1. The lowest BCUT2D eigenvalue weighted by molar-refractivity contribution is 0.0474. The summed E-state index contributed by atoms with van der Waals surface area (Å²) in [6, 6.07) is 0.375. The molecule has 0 radical (unpaired) electrons. The highest BCUT2D eigenvalue weighted by atomic mass is 16.5. The molecule has 1 saturated carbocycles. The van der Waals surface area contributed by atoms with Crippen LogP contribution in [0, 0.1) is 0 Å². The summed E-state index contributed by atoms with van der Waals surface area (Å²) in [5.41, 5.74) is 0. The summed E-state index contributed by atoms with van der Waals surface area (Å²) in [4.78, 5) is 2.34. The molecule has 0 amide bonds. The van der Waals surface area contributed by atoms with E-state index >= 15 is 0 Å². The van der Waals surface area contributed by atoms with Crippen molar-refractivity contribution in [1.82, 2.24) is 4.90 Å². The summed E-state index contributed by atoms with van der Waals surface area (Å²) in [7, 11) is 0. The number of aliphatic hydroxyl groups is 1. The predicted molar refractivity (Wildman–Crippen MR) is 57.4 cm³/mol. The fourth-order valence-electron chi connectivity index (χ4n) is 2.23. The zero-order valence-electron chi connectivity index (χ0n) is 9.41. The van der Waals surface area contributed by atoms with Gasteiger partial charge in [-0.2, -0.15) is 0 Å². The van der Waals surface area contributed by atoms with E-state index in [9.17, 15) is 5.11 Å². The monoisotopic (exact) mass is 201 g/mol. The molecule has 1 fully saturated rings. The summed E-state index contributed by atoms with van der Waals surface area (Å²) in [6.45, 7) is 7.69. The Balaban J connectivity index is 2.29. The predicted octanol–water partition coefficient (Wildman–Crippen LogP) is 1.26. The second-order valence-corrected chi connectivity index (χ2v) is 3.89. The molecule has 0 unspecified atom stereocenters. The molecule has 1 aliphatic rings. The van der Waals surface area contributed by atoms with E-state index in [1.165, 1.54) is 0 Å². The molecular weight excluding hydrogens is 178 g/mol. The first-order valence-corrected chi connectivity index (χ1v) is 5.79. The summed E-state index contributed by atoms with van der Waals surface area (Å²) >= 11 is 0. The second-order valence-electron chi connectivity index (χ2n) is 3.89. The summed E-state index contributed by atoms with van der Waals surface area (Å²) in [5.74, 6) is 0. The van der Waals surface area contributed by atoms with Gasteiger partial charge in [0.15, 0.2) is 0 Å². The fourth-order valence-corrected chi connectivity index (χ4v) is 2.23. The van der Waals surface area contributed by atoms with E-state index in [1.807, 2.05) is 6.92 Å². The molecule has 0 heterocycles. The zero-order valence-corrected chi connectivity index (χ0v) is 9.41. The lowest BCUT2D eigenvalue weighted by atomic mass is 10.2. The zero-order chi connectivity index (χ0) is 10.4. The molecule has 0 aliphatic heterocycles. The van der Waals surface area contributed by atoms with Gasteiger partial charge in [0.25, 0.3) is 0 Å². The Morgan fingerprint density at radius 3 is 2.64 bits per heavy atom. The van der Waals surface area contributed by atoms with Gasteiger partial charge >= 0.3 is 0 Å². The number of hydrogen-bond acceptors (Lipinski definition) is 3. The summed E-state index contributed by atoms with van der Waals surface area (Å²) in [5, 5.41) is 9.76. The van der Waals surface area contributed by atoms with Crippen LogP contribution in [0.3, 0.4) is 0 Å². The van der Waals surface area contributed by atoms with Crippen molar-refractivity contribution in [3.63, 3.8) is 0 Å². The van der Waals surface area contributed by atoms with E-state index in [0.29, 0.717) is 6.04 Å². The molecular formula is C11H23NO2. The van der Waals surface area contributed by atoms with Crippen LogP contribution in [0.15, 0.2) is 0 Å². The molecule has 1 rings (SSSR count). The highest BCUT2D eigenvalue weighted by Gasteiger charge is 2.29. The smallest absolute Gasteiger partial charge is 0.0695 e. The van der Waals surface area contributed by atoms with E-state index < -0.39 is 0 Å². The van der Waals surface area contributed by atoms with Crippen LogP contribution < -0.4 is 0 Å². The normalized spacial score (nSPS) is 27.4. The first-order valence-electron chi connectivity index (χ1n) is 5.79. The van der Waals surface area contributed by atoms with Crippen LogP contribution in [0.25, 0.3) is 0 Å². The first kappa shape index (κ1) is 12.0. The third-order valence-electron chi connectivity index (χ3n) is 3.05. The Morgan fingerprint density at radius 2 is 2.14 bits per heavy atom. The van der Waals surface area contributed by atoms with E-state index in [-0.39, 0.29) is 6.10 Å². The van der Waals surface area contributed by atoms with Gasteiger partial charge in [-0.3, -0.25) is 4.90 Å². The minimum atomic E-state index is -0.114. The number of nitrogens with zero attached hydrogens (tertiary/aromatic N) is 1. The average Bonchev–Trinajstić information content (AvgIpc) is 2.60. The largest absolute Gasteiger partial charge is 0.391 e. The van der Waals surface area contributed by atoms with Crippen LogP contribution in [0.2, 0.25) is 0 Å². The van der Waals surface area contributed by atoms with Crippen molar-refractivity contribution in [2.24, 2.45) is 0 Å². The standard InChI is InChI=1S/C11H23NO2/c1-3-12(8-9-14-4-2)10-6-5-7-11(10)13/h10-11,13H,3-9H2,1-2H3/t10-,11-/m1/s1. The van der Waals surface area contributed by atoms with E-state index in [1.54, 1.807) is 0 Å².